The van der Waals surface area contributed by atoms with Crippen LogP contribution in [0.15, 0.2) is 18.2 Å². The molecule has 0 unspecified atom stereocenters. The van der Waals surface area contributed by atoms with Crippen LogP contribution in [0.5, 0.6) is 0 Å². The second-order valence-corrected chi connectivity index (χ2v) is 6.72. The molecule has 0 aliphatic rings. The number of halogens is 4. The number of anilines is 2. The third-order valence-electron chi connectivity index (χ3n) is 2.63. The van der Waals surface area contributed by atoms with E-state index in [2.05, 4.69) is 15.3 Å². The molecule has 2 aromatic rings. The van der Waals surface area contributed by atoms with Crippen LogP contribution < -0.4 is 5.32 Å². The molecule has 21 heavy (non-hydrogen) atoms. The van der Waals surface area contributed by atoms with Gasteiger partial charge in [-0.3, -0.25) is 0 Å². The van der Waals surface area contributed by atoms with Gasteiger partial charge in [0.2, 0.25) is 0 Å². The van der Waals surface area contributed by atoms with E-state index in [1.807, 2.05) is 20.8 Å². The first kappa shape index (κ1) is 16.3. The number of nitrogens with zero attached hydrogens (tertiary/aromatic N) is 2. The average molecular weight is 349 g/mol. The molecule has 3 nitrogen and oxygen atoms in total. The van der Waals surface area contributed by atoms with E-state index in [1.165, 1.54) is 12.1 Å². The van der Waals surface area contributed by atoms with Gasteiger partial charge >= 0.3 is 0 Å². The fourth-order valence-corrected chi connectivity index (χ4v) is 2.35. The van der Waals surface area contributed by atoms with Gasteiger partial charge in [0.25, 0.3) is 0 Å². The Bertz CT molecular complexity index is 661. The maximum atomic E-state index is 13.2. The minimum Gasteiger partial charge on any atom is -0.338 e. The zero-order valence-electron chi connectivity index (χ0n) is 11.6. The van der Waals surface area contributed by atoms with Gasteiger partial charge < -0.3 is 5.32 Å². The number of nitrogens with one attached hydrogen (secondary N) is 1. The third-order valence-corrected chi connectivity index (χ3v) is 3.42. The molecule has 1 N–H and O–H groups in total. The molecule has 0 amide bonds. The third kappa shape index (κ3) is 3.96. The van der Waals surface area contributed by atoms with E-state index in [9.17, 15) is 4.39 Å². The van der Waals surface area contributed by atoms with Gasteiger partial charge in [-0.2, -0.15) is 0 Å². The van der Waals surface area contributed by atoms with Crippen LogP contribution in [-0.2, 0) is 5.41 Å². The van der Waals surface area contributed by atoms with Gasteiger partial charge in [0, 0.05) is 11.5 Å². The maximum absolute atomic E-state index is 13.2. The van der Waals surface area contributed by atoms with Gasteiger partial charge in [0.15, 0.2) is 0 Å². The molecule has 2 rings (SSSR count). The first-order chi connectivity index (χ1) is 9.66. The minimum atomic E-state index is -0.508. The van der Waals surface area contributed by atoms with E-state index in [4.69, 9.17) is 34.8 Å². The molecular formula is C14H13Cl3FN3. The monoisotopic (exact) mass is 347 g/mol. The van der Waals surface area contributed by atoms with Crippen LogP contribution in [0.25, 0.3) is 0 Å². The smallest absolute Gasteiger partial charge is 0.137 e. The summed E-state index contributed by atoms with van der Waals surface area (Å²) in [5.41, 5.74) is 0.104. The highest BCUT2D eigenvalue weighted by atomic mass is 35.5. The van der Waals surface area contributed by atoms with Crippen LogP contribution >= 0.6 is 34.8 Å². The summed E-state index contributed by atoms with van der Waals surface area (Å²) >= 11 is 18.0. The number of benzene rings is 1. The normalized spacial score (nSPS) is 11.6. The minimum absolute atomic E-state index is 0.159. The van der Waals surface area contributed by atoms with Crippen LogP contribution in [0.2, 0.25) is 15.2 Å². The van der Waals surface area contributed by atoms with E-state index in [0.717, 1.165) is 0 Å². The fraction of sp³-hybridized carbons (Fsp3) is 0.286. The second kappa shape index (κ2) is 5.95. The van der Waals surface area contributed by atoms with E-state index in [0.29, 0.717) is 22.5 Å². The molecule has 0 radical (unpaired) electrons. The van der Waals surface area contributed by atoms with Crippen molar-refractivity contribution in [2.24, 2.45) is 0 Å². The van der Waals surface area contributed by atoms with Crippen molar-refractivity contribution in [2.75, 3.05) is 5.32 Å². The Morgan fingerprint density at radius 1 is 1.00 bits per heavy atom. The van der Waals surface area contributed by atoms with Crippen LogP contribution in [0, 0.1) is 5.82 Å². The summed E-state index contributed by atoms with van der Waals surface area (Å²) in [5.74, 6) is 0.508. The molecule has 7 heteroatoms. The topological polar surface area (TPSA) is 37.8 Å². The number of aromatic nitrogens is 2. The van der Waals surface area contributed by atoms with Crippen molar-refractivity contribution in [3.05, 3.63) is 45.0 Å². The Kier molecular flexibility index (Phi) is 4.61. The Balaban J connectivity index is 2.43. The fourth-order valence-electron chi connectivity index (χ4n) is 1.61. The Morgan fingerprint density at radius 3 is 2.10 bits per heavy atom. The van der Waals surface area contributed by atoms with Crippen molar-refractivity contribution in [3.63, 3.8) is 0 Å². The van der Waals surface area contributed by atoms with Crippen molar-refractivity contribution < 1.29 is 4.39 Å². The van der Waals surface area contributed by atoms with Crippen LogP contribution in [-0.4, -0.2) is 9.97 Å². The lowest BCUT2D eigenvalue weighted by atomic mass is 9.96. The molecule has 1 aromatic heterocycles. The molecule has 0 aliphatic carbocycles. The summed E-state index contributed by atoms with van der Waals surface area (Å²) in [4.78, 5) is 8.58. The SMILES string of the molecule is CC(C)(C)c1nc(Cl)cc(Nc2c(Cl)cc(F)cc2Cl)n1. The molecule has 0 saturated carbocycles. The zero-order chi connectivity index (χ0) is 15.8. The van der Waals surface area contributed by atoms with Gasteiger partial charge in [-0.15, -0.1) is 0 Å². The summed E-state index contributed by atoms with van der Waals surface area (Å²) < 4.78 is 13.2. The van der Waals surface area contributed by atoms with E-state index < -0.39 is 5.82 Å². The summed E-state index contributed by atoms with van der Waals surface area (Å²) in [5, 5.41) is 3.57. The highest BCUT2D eigenvalue weighted by Gasteiger charge is 2.19. The standard InChI is InChI=1S/C14H13Cl3FN3/c1-14(2,3)13-19-10(17)6-11(21-13)20-12-8(15)4-7(18)5-9(12)16/h4-6H,1-3H3,(H,19,20,21). The molecule has 0 bridgehead atoms. The van der Waals surface area contributed by atoms with Gasteiger partial charge in [0.1, 0.15) is 22.6 Å². The first-order valence-corrected chi connectivity index (χ1v) is 7.27. The highest BCUT2D eigenvalue weighted by Crippen LogP contribution is 2.34. The average Bonchev–Trinajstić information content (AvgIpc) is 2.32. The highest BCUT2D eigenvalue weighted by molar-refractivity contribution is 6.39. The molecule has 1 aromatic carbocycles. The van der Waals surface area contributed by atoms with Crippen molar-refractivity contribution >= 4 is 46.3 Å². The second-order valence-electron chi connectivity index (χ2n) is 5.52. The molecule has 0 spiro atoms. The van der Waals surface area contributed by atoms with Gasteiger partial charge in [-0.05, 0) is 12.1 Å². The number of hydrogen-bond acceptors (Lipinski definition) is 3. The Labute approximate surface area is 137 Å². The molecule has 0 fully saturated rings. The Morgan fingerprint density at radius 2 is 1.57 bits per heavy atom. The van der Waals surface area contributed by atoms with Crippen molar-refractivity contribution in [2.45, 2.75) is 26.2 Å². The molecule has 0 saturated heterocycles. The van der Waals surface area contributed by atoms with Gasteiger partial charge in [-0.1, -0.05) is 55.6 Å². The van der Waals surface area contributed by atoms with Crippen LogP contribution in [0.1, 0.15) is 26.6 Å². The Hall–Kier alpha value is -1.10. The van der Waals surface area contributed by atoms with Crippen molar-refractivity contribution in [3.8, 4) is 0 Å². The summed E-state index contributed by atoms with van der Waals surface area (Å²) in [6.45, 7) is 5.92. The maximum Gasteiger partial charge on any atom is 0.137 e. The lowest BCUT2D eigenvalue weighted by Gasteiger charge is -2.18. The van der Waals surface area contributed by atoms with Crippen molar-refractivity contribution in [1.82, 2.24) is 9.97 Å². The first-order valence-electron chi connectivity index (χ1n) is 6.13. The van der Waals surface area contributed by atoms with E-state index in [1.54, 1.807) is 6.07 Å². The quantitative estimate of drug-likeness (QED) is 0.716. The van der Waals surface area contributed by atoms with Crippen LogP contribution in [0.3, 0.4) is 0 Å². The predicted octanol–water partition coefficient (Wildman–Crippen LogP) is 5.62. The van der Waals surface area contributed by atoms with E-state index in [-0.39, 0.29) is 15.5 Å². The number of rotatable bonds is 2. The molecule has 112 valence electrons. The lowest BCUT2D eigenvalue weighted by molar-refractivity contribution is 0.546. The predicted molar refractivity (Wildman–Crippen MR) is 85.4 cm³/mol. The summed E-state index contributed by atoms with van der Waals surface area (Å²) in [6.07, 6.45) is 0. The van der Waals surface area contributed by atoms with Crippen molar-refractivity contribution in [1.29, 1.82) is 0 Å². The number of hydrogen-bond donors (Lipinski definition) is 1. The van der Waals surface area contributed by atoms with Gasteiger partial charge in [0.05, 0.1) is 15.7 Å². The molecular weight excluding hydrogens is 336 g/mol. The zero-order valence-corrected chi connectivity index (χ0v) is 13.9. The van der Waals surface area contributed by atoms with Crippen LogP contribution in [0.4, 0.5) is 15.9 Å². The molecule has 0 aliphatic heterocycles. The lowest BCUT2D eigenvalue weighted by Crippen LogP contribution is -2.16. The molecule has 0 atom stereocenters. The summed E-state index contributed by atoms with van der Waals surface area (Å²) in [7, 11) is 0. The largest absolute Gasteiger partial charge is 0.338 e. The van der Waals surface area contributed by atoms with Gasteiger partial charge in [-0.25, -0.2) is 14.4 Å². The summed E-state index contributed by atoms with van der Waals surface area (Å²) in [6, 6.07) is 3.89. The molecule has 1 heterocycles. The van der Waals surface area contributed by atoms with E-state index >= 15 is 0 Å².